The first-order valence-electron chi connectivity index (χ1n) is 18.3. The van der Waals surface area contributed by atoms with Gasteiger partial charge < -0.3 is 0 Å². The van der Waals surface area contributed by atoms with E-state index < -0.39 is 0 Å². The maximum atomic E-state index is 2.46. The molecule has 0 atom stereocenters. The molecular formula is C52H30S. The Labute approximate surface area is 309 Å². The SMILES string of the molecule is c1ccc2c(c1)cc(-c1ccc3ccc(-c4ccc5c(c4)c4ccccc4c4cc6c(cc54)sc4ccc5ccccc5c46)cc3c1)c1ccccc12. The van der Waals surface area contributed by atoms with E-state index in [4.69, 9.17) is 0 Å². The third-order valence-electron chi connectivity index (χ3n) is 11.6. The molecule has 0 radical (unpaired) electrons. The Morgan fingerprint density at radius 3 is 1.60 bits per heavy atom. The number of benzene rings is 11. The largest absolute Gasteiger partial charge is 0.135 e. The normalized spacial score (nSPS) is 12.2. The van der Waals surface area contributed by atoms with Crippen LogP contribution >= 0.6 is 11.3 Å². The van der Waals surface area contributed by atoms with Crippen LogP contribution in [-0.4, -0.2) is 0 Å². The van der Waals surface area contributed by atoms with Crippen molar-refractivity contribution >= 4 is 107 Å². The molecule has 0 unspecified atom stereocenters. The predicted molar refractivity (Wildman–Crippen MR) is 233 cm³/mol. The molecule has 11 aromatic carbocycles. The number of thiophene rings is 1. The molecule has 0 bridgehead atoms. The molecule has 244 valence electrons. The second-order valence-electron chi connectivity index (χ2n) is 14.4. The van der Waals surface area contributed by atoms with Crippen molar-refractivity contribution in [2.75, 3.05) is 0 Å². The van der Waals surface area contributed by atoms with Crippen LogP contribution in [0.3, 0.4) is 0 Å². The van der Waals surface area contributed by atoms with Crippen molar-refractivity contribution in [3.63, 3.8) is 0 Å². The van der Waals surface area contributed by atoms with Crippen LogP contribution in [0.25, 0.3) is 118 Å². The van der Waals surface area contributed by atoms with Crippen molar-refractivity contribution in [2.24, 2.45) is 0 Å². The first-order valence-corrected chi connectivity index (χ1v) is 19.1. The summed E-state index contributed by atoms with van der Waals surface area (Å²) in [5, 5.41) is 20.9. The van der Waals surface area contributed by atoms with Crippen molar-refractivity contribution in [2.45, 2.75) is 0 Å². The highest BCUT2D eigenvalue weighted by Gasteiger charge is 2.16. The molecule has 0 nitrogen and oxygen atoms in total. The Kier molecular flexibility index (Phi) is 6.03. The second kappa shape index (κ2) is 11.0. The zero-order valence-electron chi connectivity index (χ0n) is 28.7. The van der Waals surface area contributed by atoms with E-state index in [2.05, 4.69) is 182 Å². The summed E-state index contributed by atoms with van der Waals surface area (Å²) in [6.45, 7) is 0. The van der Waals surface area contributed by atoms with Gasteiger partial charge in [-0.05, 0) is 140 Å². The molecule has 0 N–H and O–H groups in total. The van der Waals surface area contributed by atoms with Gasteiger partial charge in [-0.25, -0.2) is 0 Å². The van der Waals surface area contributed by atoms with Gasteiger partial charge in [0.2, 0.25) is 0 Å². The Morgan fingerprint density at radius 1 is 0.245 bits per heavy atom. The van der Waals surface area contributed by atoms with Gasteiger partial charge in [-0.3, -0.25) is 0 Å². The lowest BCUT2D eigenvalue weighted by Crippen LogP contribution is -1.87. The van der Waals surface area contributed by atoms with Gasteiger partial charge in [-0.1, -0.05) is 140 Å². The minimum Gasteiger partial charge on any atom is -0.135 e. The molecule has 0 fully saturated rings. The van der Waals surface area contributed by atoms with E-state index >= 15 is 0 Å². The summed E-state index contributed by atoms with van der Waals surface area (Å²) in [5.74, 6) is 0. The summed E-state index contributed by atoms with van der Waals surface area (Å²) in [5.41, 5.74) is 4.99. The second-order valence-corrected chi connectivity index (χ2v) is 15.5. The average molecular weight is 687 g/mol. The van der Waals surface area contributed by atoms with Gasteiger partial charge in [-0.15, -0.1) is 11.3 Å². The topological polar surface area (TPSA) is 0 Å². The Bertz CT molecular complexity index is 3510. The first kappa shape index (κ1) is 29.1. The fraction of sp³-hybridized carbons (Fsp3) is 0. The number of fused-ring (bicyclic) bond motifs is 15. The minimum atomic E-state index is 1.23. The first-order chi connectivity index (χ1) is 26.2. The van der Waals surface area contributed by atoms with Crippen molar-refractivity contribution < 1.29 is 0 Å². The van der Waals surface area contributed by atoms with E-state index in [0.29, 0.717) is 0 Å². The molecule has 0 saturated heterocycles. The van der Waals surface area contributed by atoms with Gasteiger partial charge >= 0.3 is 0 Å². The standard InChI is InChI=1S/C52H30S/c1-4-12-39-32(9-1)22-24-50-52(39)49-29-47-43-16-8-7-15-42(43)46-27-34(21-23-44(46)48(47)30-51(49)53-50)33-19-17-31-18-20-36(26-37(31)25-33)45-28-35-10-2-3-11-38(35)40-13-5-6-14-41(40)45/h1-30H. The predicted octanol–water partition coefficient (Wildman–Crippen LogP) is 15.5. The van der Waals surface area contributed by atoms with Gasteiger partial charge in [0.05, 0.1) is 0 Å². The molecule has 0 aliphatic carbocycles. The third-order valence-corrected chi connectivity index (χ3v) is 12.7. The Morgan fingerprint density at radius 2 is 0.792 bits per heavy atom. The van der Waals surface area contributed by atoms with Crippen molar-refractivity contribution in [1.82, 2.24) is 0 Å². The highest BCUT2D eigenvalue weighted by molar-refractivity contribution is 7.26. The maximum absolute atomic E-state index is 2.46. The summed E-state index contributed by atoms with van der Waals surface area (Å²) in [7, 11) is 0. The maximum Gasteiger partial charge on any atom is 0.0362 e. The summed E-state index contributed by atoms with van der Waals surface area (Å²) in [6, 6.07) is 68.1. The Balaban J connectivity index is 1.05. The summed E-state index contributed by atoms with van der Waals surface area (Å²) in [4.78, 5) is 0. The van der Waals surface area contributed by atoms with E-state index in [1.54, 1.807) is 0 Å². The smallest absolute Gasteiger partial charge is 0.0362 e. The number of rotatable bonds is 2. The Hall–Kier alpha value is -6.54. The summed E-state index contributed by atoms with van der Waals surface area (Å²) < 4.78 is 2.69. The van der Waals surface area contributed by atoms with Crippen LogP contribution in [0, 0.1) is 0 Å². The van der Waals surface area contributed by atoms with Gasteiger partial charge in [0, 0.05) is 20.2 Å². The monoisotopic (exact) mass is 686 g/mol. The highest BCUT2D eigenvalue weighted by atomic mass is 32.1. The van der Waals surface area contributed by atoms with Crippen LogP contribution in [0.5, 0.6) is 0 Å². The highest BCUT2D eigenvalue weighted by Crippen LogP contribution is 2.45. The van der Waals surface area contributed by atoms with Gasteiger partial charge in [0.15, 0.2) is 0 Å². The van der Waals surface area contributed by atoms with Crippen molar-refractivity contribution in [1.29, 1.82) is 0 Å². The average Bonchev–Trinajstić information content (AvgIpc) is 3.60. The molecule has 0 saturated carbocycles. The van der Waals surface area contributed by atoms with E-state index in [-0.39, 0.29) is 0 Å². The lowest BCUT2D eigenvalue weighted by Gasteiger charge is -2.14. The quantitative estimate of drug-likeness (QED) is 0.159. The minimum absolute atomic E-state index is 1.23. The summed E-state index contributed by atoms with van der Waals surface area (Å²) >= 11 is 1.91. The molecule has 1 heterocycles. The molecular weight excluding hydrogens is 657 g/mol. The van der Waals surface area contributed by atoms with Crippen LogP contribution in [0.2, 0.25) is 0 Å². The van der Waals surface area contributed by atoms with E-state index in [1.165, 1.54) is 118 Å². The van der Waals surface area contributed by atoms with E-state index in [1.807, 2.05) is 11.3 Å². The molecule has 0 aliphatic rings. The lowest BCUT2D eigenvalue weighted by atomic mass is 9.90. The van der Waals surface area contributed by atoms with Crippen LogP contribution in [0.4, 0.5) is 0 Å². The fourth-order valence-electron chi connectivity index (χ4n) is 9.06. The van der Waals surface area contributed by atoms with Crippen LogP contribution in [0.1, 0.15) is 0 Å². The lowest BCUT2D eigenvalue weighted by molar-refractivity contribution is 1.67. The summed E-state index contributed by atoms with van der Waals surface area (Å²) in [6.07, 6.45) is 0. The molecule has 1 aromatic heterocycles. The number of hydrogen-bond acceptors (Lipinski definition) is 1. The van der Waals surface area contributed by atoms with Crippen LogP contribution < -0.4 is 0 Å². The third kappa shape index (κ3) is 4.29. The molecule has 53 heavy (non-hydrogen) atoms. The van der Waals surface area contributed by atoms with E-state index in [0.717, 1.165) is 0 Å². The van der Waals surface area contributed by atoms with Gasteiger partial charge in [-0.2, -0.15) is 0 Å². The molecule has 0 amide bonds. The van der Waals surface area contributed by atoms with Gasteiger partial charge in [0.25, 0.3) is 0 Å². The molecule has 1 heteroatoms. The molecule has 0 aliphatic heterocycles. The van der Waals surface area contributed by atoms with E-state index in [9.17, 15) is 0 Å². The number of hydrogen-bond donors (Lipinski definition) is 0. The van der Waals surface area contributed by atoms with Crippen molar-refractivity contribution in [3.8, 4) is 22.3 Å². The fourth-order valence-corrected chi connectivity index (χ4v) is 10.2. The molecule has 12 aromatic rings. The molecule has 0 spiro atoms. The molecule has 12 rings (SSSR count). The van der Waals surface area contributed by atoms with Crippen LogP contribution in [0.15, 0.2) is 182 Å². The van der Waals surface area contributed by atoms with Crippen LogP contribution in [-0.2, 0) is 0 Å². The van der Waals surface area contributed by atoms with Crippen molar-refractivity contribution in [3.05, 3.63) is 182 Å². The van der Waals surface area contributed by atoms with Gasteiger partial charge in [0.1, 0.15) is 0 Å². The zero-order valence-corrected chi connectivity index (χ0v) is 29.5. The zero-order chi connectivity index (χ0) is 34.6.